The Bertz CT molecular complexity index is 501. The number of nitrogens with zero attached hydrogens (tertiary/aromatic N) is 3. The fraction of sp³-hybridized carbons (Fsp3) is 0.800. The van der Waals surface area contributed by atoms with E-state index in [0.29, 0.717) is 11.7 Å². The lowest BCUT2D eigenvalue weighted by Crippen LogP contribution is -2.46. The first-order valence-corrected chi connectivity index (χ1v) is 7.78. The molecule has 1 atom stereocenters. The molecule has 1 aromatic rings. The number of hydrogen-bond donors (Lipinski definition) is 1. The first-order valence-electron chi connectivity index (χ1n) is 7.78. The summed E-state index contributed by atoms with van der Waals surface area (Å²) in [5.41, 5.74) is -0.463. The summed E-state index contributed by atoms with van der Waals surface area (Å²) in [6.45, 7) is 11.2. The van der Waals surface area contributed by atoms with Gasteiger partial charge in [0.05, 0.1) is 6.04 Å². The first-order chi connectivity index (χ1) is 10.2. The minimum absolute atomic E-state index is 0.101. The maximum atomic E-state index is 11.8. The Hall–Kier alpha value is -1.63. The molecule has 1 fully saturated rings. The van der Waals surface area contributed by atoms with E-state index in [0.717, 1.165) is 25.9 Å². The molecular formula is C15H26N4O3. The highest BCUT2D eigenvalue weighted by atomic mass is 16.6. The van der Waals surface area contributed by atoms with Crippen molar-refractivity contribution >= 4 is 6.09 Å². The molecule has 0 unspecified atom stereocenters. The maximum Gasteiger partial charge on any atom is 0.407 e. The summed E-state index contributed by atoms with van der Waals surface area (Å²) >= 11 is 0. The molecule has 2 heterocycles. The second-order valence-corrected chi connectivity index (χ2v) is 6.81. The summed E-state index contributed by atoms with van der Waals surface area (Å²) in [5, 5.41) is 6.77. The van der Waals surface area contributed by atoms with Crippen LogP contribution in [-0.2, 0) is 4.74 Å². The summed E-state index contributed by atoms with van der Waals surface area (Å²) in [4.78, 5) is 18.4. The van der Waals surface area contributed by atoms with Gasteiger partial charge in [0.1, 0.15) is 5.60 Å². The highest BCUT2D eigenvalue weighted by Crippen LogP contribution is 2.23. The van der Waals surface area contributed by atoms with Crippen LogP contribution in [-0.4, -0.2) is 45.9 Å². The van der Waals surface area contributed by atoms with Gasteiger partial charge in [-0.25, -0.2) is 4.79 Å². The van der Waals surface area contributed by atoms with E-state index in [1.54, 1.807) is 0 Å². The lowest BCUT2D eigenvalue weighted by atomic mass is 10.0. The van der Waals surface area contributed by atoms with Gasteiger partial charge in [-0.15, -0.1) is 0 Å². The van der Waals surface area contributed by atoms with Crippen molar-refractivity contribution < 1.29 is 14.1 Å². The van der Waals surface area contributed by atoms with E-state index >= 15 is 0 Å². The van der Waals surface area contributed by atoms with Gasteiger partial charge in [0.2, 0.25) is 5.89 Å². The minimum Gasteiger partial charge on any atom is -0.444 e. The molecule has 1 aliphatic rings. The fourth-order valence-corrected chi connectivity index (χ4v) is 2.54. The van der Waals surface area contributed by atoms with Gasteiger partial charge in [-0.3, -0.25) is 4.90 Å². The molecule has 1 aliphatic heterocycles. The normalized spacial score (nSPS) is 19.0. The van der Waals surface area contributed by atoms with Gasteiger partial charge >= 0.3 is 6.09 Å². The Morgan fingerprint density at radius 1 is 1.41 bits per heavy atom. The van der Waals surface area contributed by atoms with Crippen molar-refractivity contribution in [1.82, 2.24) is 20.4 Å². The second kappa shape index (κ2) is 6.64. The lowest BCUT2D eigenvalue weighted by Gasteiger charge is -2.35. The molecule has 124 valence electrons. The SMILES string of the molecule is Cc1noc([C@@H](C)N2CCC(NC(=O)OC(C)(C)C)CC2)n1. The number of piperidine rings is 1. The highest BCUT2D eigenvalue weighted by molar-refractivity contribution is 5.68. The number of alkyl carbamates (subject to hydrolysis) is 1. The number of hydrogen-bond acceptors (Lipinski definition) is 6. The smallest absolute Gasteiger partial charge is 0.407 e. The molecule has 0 spiro atoms. The number of rotatable bonds is 3. The van der Waals surface area contributed by atoms with Crippen LogP contribution >= 0.6 is 0 Å². The fourth-order valence-electron chi connectivity index (χ4n) is 2.54. The van der Waals surface area contributed by atoms with Crippen molar-refractivity contribution in [1.29, 1.82) is 0 Å². The van der Waals surface area contributed by atoms with E-state index in [9.17, 15) is 4.79 Å². The Kier molecular flexibility index (Phi) is 5.05. The quantitative estimate of drug-likeness (QED) is 0.923. The second-order valence-electron chi connectivity index (χ2n) is 6.81. The predicted octanol–water partition coefficient (Wildman–Crippen LogP) is 2.43. The zero-order valence-corrected chi connectivity index (χ0v) is 14.0. The molecule has 0 aromatic carbocycles. The summed E-state index contributed by atoms with van der Waals surface area (Å²) in [5.74, 6) is 1.30. The molecule has 0 aliphatic carbocycles. The Balaban J connectivity index is 1.79. The molecule has 22 heavy (non-hydrogen) atoms. The average molecular weight is 310 g/mol. The molecule has 1 aromatic heterocycles. The van der Waals surface area contributed by atoms with Crippen molar-refractivity contribution in [3.05, 3.63) is 11.7 Å². The lowest BCUT2D eigenvalue weighted by molar-refractivity contribution is 0.0464. The molecule has 1 saturated heterocycles. The molecule has 0 radical (unpaired) electrons. The third-order valence-corrected chi connectivity index (χ3v) is 3.70. The number of aryl methyl sites for hydroxylation is 1. The summed E-state index contributed by atoms with van der Waals surface area (Å²) in [6, 6.07) is 0.256. The maximum absolute atomic E-state index is 11.8. The zero-order valence-electron chi connectivity index (χ0n) is 14.0. The molecular weight excluding hydrogens is 284 g/mol. The van der Waals surface area contributed by atoms with Crippen LogP contribution in [0.1, 0.15) is 58.3 Å². The number of carbonyl (C=O) groups is 1. The summed E-state index contributed by atoms with van der Waals surface area (Å²) < 4.78 is 10.5. The molecule has 0 saturated carbocycles. The predicted molar refractivity (Wildman–Crippen MR) is 81.4 cm³/mol. The van der Waals surface area contributed by atoms with Gasteiger partial charge in [-0.1, -0.05) is 5.16 Å². The number of amides is 1. The van der Waals surface area contributed by atoms with Gasteiger partial charge in [0.25, 0.3) is 0 Å². The van der Waals surface area contributed by atoms with Crippen LogP contribution in [0.5, 0.6) is 0 Å². The van der Waals surface area contributed by atoms with E-state index in [4.69, 9.17) is 9.26 Å². The van der Waals surface area contributed by atoms with Crippen molar-refractivity contribution in [2.45, 2.75) is 65.1 Å². The molecule has 0 bridgehead atoms. The van der Waals surface area contributed by atoms with Crippen LogP contribution in [0, 0.1) is 6.92 Å². The highest BCUT2D eigenvalue weighted by Gasteiger charge is 2.28. The molecule has 7 nitrogen and oxygen atoms in total. The van der Waals surface area contributed by atoms with Crippen molar-refractivity contribution in [3.63, 3.8) is 0 Å². The Labute approximate surface area is 131 Å². The van der Waals surface area contributed by atoms with E-state index in [1.165, 1.54) is 0 Å². The van der Waals surface area contributed by atoms with Crippen LogP contribution in [0.4, 0.5) is 4.79 Å². The van der Waals surface area contributed by atoms with Crippen LogP contribution in [0.25, 0.3) is 0 Å². The molecule has 1 amide bonds. The first kappa shape index (κ1) is 16.7. The largest absolute Gasteiger partial charge is 0.444 e. The van der Waals surface area contributed by atoms with Crippen LogP contribution in [0.2, 0.25) is 0 Å². The van der Waals surface area contributed by atoms with E-state index in [1.807, 2.05) is 27.7 Å². The molecule has 7 heteroatoms. The van der Waals surface area contributed by atoms with Crippen molar-refractivity contribution in [2.75, 3.05) is 13.1 Å². The minimum atomic E-state index is -0.463. The monoisotopic (exact) mass is 310 g/mol. The van der Waals surface area contributed by atoms with Crippen LogP contribution in [0.3, 0.4) is 0 Å². The topological polar surface area (TPSA) is 80.5 Å². The van der Waals surface area contributed by atoms with E-state index in [2.05, 4.69) is 27.3 Å². The summed E-state index contributed by atoms with van der Waals surface area (Å²) in [6.07, 6.45) is 1.43. The number of likely N-dealkylation sites (tertiary alicyclic amines) is 1. The van der Waals surface area contributed by atoms with Gasteiger partial charge in [-0.2, -0.15) is 4.98 Å². The number of ether oxygens (including phenoxy) is 1. The van der Waals surface area contributed by atoms with Gasteiger partial charge in [0, 0.05) is 19.1 Å². The van der Waals surface area contributed by atoms with Gasteiger partial charge in [-0.05, 0) is 47.5 Å². The Morgan fingerprint density at radius 2 is 2.05 bits per heavy atom. The Morgan fingerprint density at radius 3 is 2.55 bits per heavy atom. The number of aromatic nitrogens is 2. The van der Waals surface area contributed by atoms with Gasteiger partial charge < -0.3 is 14.6 Å². The van der Waals surface area contributed by atoms with E-state index < -0.39 is 5.60 Å². The number of nitrogens with one attached hydrogen (secondary N) is 1. The van der Waals surface area contributed by atoms with Crippen LogP contribution in [0.15, 0.2) is 4.52 Å². The van der Waals surface area contributed by atoms with Crippen molar-refractivity contribution in [2.24, 2.45) is 0 Å². The third kappa shape index (κ3) is 4.69. The molecule has 1 N–H and O–H groups in total. The van der Waals surface area contributed by atoms with Gasteiger partial charge in [0.15, 0.2) is 5.82 Å². The van der Waals surface area contributed by atoms with E-state index in [-0.39, 0.29) is 18.2 Å². The third-order valence-electron chi connectivity index (χ3n) is 3.70. The standard InChI is InChI=1S/C15H26N4O3/c1-10(13-16-11(2)18-22-13)19-8-6-12(7-9-19)17-14(20)21-15(3,4)5/h10,12H,6-9H2,1-5H3,(H,17,20)/t10-/m1/s1. The number of carbonyl (C=O) groups excluding carboxylic acids is 1. The molecule has 2 rings (SSSR count). The average Bonchev–Trinajstić information content (AvgIpc) is 2.83. The zero-order chi connectivity index (χ0) is 16.3. The van der Waals surface area contributed by atoms with Crippen molar-refractivity contribution in [3.8, 4) is 0 Å². The van der Waals surface area contributed by atoms with Crippen LogP contribution < -0.4 is 5.32 Å². The summed E-state index contributed by atoms with van der Waals surface area (Å²) in [7, 11) is 0.